The monoisotopic (exact) mass is 431 g/mol. The van der Waals surface area contributed by atoms with E-state index in [1.54, 1.807) is 0 Å². The minimum atomic E-state index is -4.70. The number of nitrogens with one attached hydrogen (secondary N) is 1. The first-order chi connectivity index (χ1) is 14.5. The van der Waals surface area contributed by atoms with E-state index in [0.29, 0.717) is 22.1 Å². The van der Waals surface area contributed by atoms with Gasteiger partial charge in [0.1, 0.15) is 5.84 Å². The van der Waals surface area contributed by atoms with Crippen molar-refractivity contribution in [3.63, 3.8) is 0 Å². The maximum atomic E-state index is 13.6. The maximum absolute atomic E-state index is 13.6. The van der Waals surface area contributed by atoms with E-state index in [1.165, 1.54) is 6.07 Å². The van der Waals surface area contributed by atoms with Crippen LogP contribution in [0.4, 0.5) is 22.0 Å². The van der Waals surface area contributed by atoms with Crippen LogP contribution in [-0.2, 0) is 19.0 Å². The standard InChI is InChI=1S/C23H18F5N3/c1-11-2-3-13-8-15-10-19(29)31-22(30)21(15)20(17(13)4-11)14-5-12(7-18(24)25)6-16(9-14)23(26,27)28/h2-6,8-9,18H,7,10H2,1H3,(H3,29,30,31). The Bertz CT molecular complexity index is 1240. The van der Waals surface area contributed by atoms with E-state index in [1.807, 2.05) is 31.2 Å². The number of aliphatic imine (C=N–C) groups is 1. The van der Waals surface area contributed by atoms with E-state index in [-0.39, 0.29) is 29.2 Å². The van der Waals surface area contributed by atoms with Gasteiger partial charge in [-0.2, -0.15) is 13.2 Å². The number of benzene rings is 3. The van der Waals surface area contributed by atoms with Gasteiger partial charge < -0.3 is 5.73 Å². The molecular formula is C23H18F5N3. The van der Waals surface area contributed by atoms with Crippen LogP contribution in [0.2, 0.25) is 0 Å². The summed E-state index contributed by atoms with van der Waals surface area (Å²) in [6.45, 7) is 1.85. The molecule has 0 unspecified atom stereocenters. The lowest BCUT2D eigenvalue weighted by molar-refractivity contribution is -0.137. The number of fused-ring (bicyclic) bond motifs is 2. The quantitative estimate of drug-likeness (QED) is 0.500. The SMILES string of the molecule is Cc1ccc2cc3c(c(-c4cc(CC(F)F)cc(C(F)(F)F)c4)c2c1)C(=N)N=C(N)C3. The van der Waals surface area contributed by atoms with Crippen LogP contribution in [0.15, 0.2) is 47.5 Å². The number of hydrogen-bond donors (Lipinski definition) is 2. The fourth-order valence-electron chi connectivity index (χ4n) is 4.01. The van der Waals surface area contributed by atoms with Crippen molar-refractivity contribution in [3.05, 3.63) is 70.3 Å². The Kier molecular flexibility index (Phi) is 5.03. The highest BCUT2D eigenvalue weighted by molar-refractivity contribution is 6.17. The van der Waals surface area contributed by atoms with E-state index in [4.69, 9.17) is 11.1 Å². The van der Waals surface area contributed by atoms with Gasteiger partial charge in [0.2, 0.25) is 6.43 Å². The van der Waals surface area contributed by atoms with Gasteiger partial charge in [0, 0.05) is 24.0 Å². The molecule has 0 fully saturated rings. The lowest BCUT2D eigenvalue weighted by Crippen LogP contribution is -2.24. The third-order valence-corrected chi connectivity index (χ3v) is 5.24. The van der Waals surface area contributed by atoms with Gasteiger partial charge in [-0.3, -0.25) is 5.41 Å². The predicted molar refractivity (Wildman–Crippen MR) is 111 cm³/mol. The molecule has 0 saturated carbocycles. The molecule has 31 heavy (non-hydrogen) atoms. The fourth-order valence-corrected chi connectivity index (χ4v) is 4.01. The van der Waals surface area contributed by atoms with Gasteiger partial charge in [0.25, 0.3) is 0 Å². The largest absolute Gasteiger partial charge is 0.416 e. The molecule has 3 aromatic carbocycles. The van der Waals surface area contributed by atoms with Crippen molar-refractivity contribution in [1.29, 1.82) is 5.41 Å². The molecule has 4 rings (SSSR count). The van der Waals surface area contributed by atoms with Crippen molar-refractivity contribution < 1.29 is 22.0 Å². The normalized spacial score (nSPS) is 14.2. The highest BCUT2D eigenvalue weighted by atomic mass is 19.4. The number of nitrogens with zero attached hydrogens (tertiary/aromatic N) is 1. The average molecular weight is 431 g/mol. The molecule has 160 valence electrons. The van der Waals surface area contributed by atoms with E-state index < -0.39 is 24.6 Å². The summed E-state index contributed by atoms with van der Waals surface area (Å²) in [7, 11) is 0. The van der Waals surface area contributed by atoms with Crippen LogP contribution in [0, 0.1) is 12.3 Å². The smallest absolute Gasteiger partial charge is 0.387 e. The van der Waals surface area contributed by atoms with Crippen LogP contribution in [0.5, 0.6) is 0 Å². The van der Waals surface area contributed by atoms with Gasteiger partial charge in [-0.25, -0.2) is 13.8 Å². The van der Waals surface area contributed by atoms with Crippen LogP contribution in [-0.4, -0.2) is 18.1 Å². The summed E-state index contributed by atoms with van der Waals surface area (Å²) in [5, 5.41) is 9.74. The molecule has 1 aliphatic rings. The lowest BCUT2D eigenvalue weighted by Gasteiger charge is -2.22. The molecule has 3 N–H and O–H groups in total. The Morgan fingerprint density at radius 2 is 1.81 bits per heavy atom. The highest BCUT2D eigenvalue weighted by Gasteiger charge is 2.32. The second kappa shape index (κ2) is 7.44. The highest BCUT2D eigenvalue weighted by Crippen LogP contribution is 2.40. The number of amidine groups is 2. The number of hydrogen-bond acceptors (Lipinski definition) is 2. The van der Waals surface area contributed by atoms with Gasteiger partial charge >= 0.3 is 6.18 Å². The topological polar surface area (TPSA) is 62.2 Å². The molecule has 0 aromatic heterocycles. The van der Waals surface area contributed by atoms with Crippen LogP contribution in [0.3, 0.4) is 0 Å². The molecule has 0 atom stereocenters. The van der Waals surface area contributed by atoms with Crippen LogP contribution in [0.25, 0.3) is 21.9 Å². The number of nitrogens with two attached hydrogens (primary N) is 1. The third kappa shape index (κ3) is 4.02. The first kappa shape index (κ1) is 21.0. The summed E-state index contributed by atoms with van der Waals surface area (Å²) >= 11 is 0. The Morgan fingerprint density at radius 3 is 2.48 bits per heavy atom. The van der Waals surface area contributed by atoms with Crippen molar-refractivity contribution in [2.45, 2.75) is 32.4 Å². The average Bonchev–Trinajstić information content (AvgIpc) is 2.65. The molecule has 0 amide bonds. The van der Waals surface area contributed by atoms with E-state index in [0.717, 1.165) is 23.1 Å². The number of rotatable bonds is 3. The Balaban J connectivity index is 2.10. The van der Waals surface area contributed by atoms with Crippen molar-refractivity contribution >= 4 is 22.4 Å². The molecule has 0 radical (unpaired) electrons. The molecule has 0 bridgehead atoms. The summed E-state index contributed by atoms with van der Waals surface area (Å²) in [6, 6.07) is 10.4. The molecule has 0 spiro atoms. The summed E-state index contributed by atoms with van der Waals surface area (Å²) in [6.07, 6.45) is -8.05. The first-order valence-electron chi connectivity index (χ1n) is 9.51. The molecule has 0 saturated heterocycles. The lowest BCUT2D eigenvalue weighted by atomic mass is 9.85. The van der Waals surface area contributed by atoms with Gasteiger partial charge in [-0.05, 0) is 52.6 Å². The molecular weight excluding hydrogens is 413 g/mol. The minimum absolute atomic E-state index is 0.122. The number of alkyl halides is 5. The van der Waals surface area contributed by atoms with E-state index >= 15 is 0 Å². The minimum Gasteiger partial charge on any atom is -0.387 e. The second-order valence-electron chi connectivity index (χ2n) is 7.65. The zero-order valence-corrected chi connectivity index (χ0v) is 16.4. The van der Waals surface area contributed by atoms with Crippen molar-refractivity contribution in [3.8, 4) is 11.1 Å². The van der Waals surface area contributed by atoms with E-state index in [9.17, 15) is 22.0 Å². The zero-order chi connectivity index (χ0) is 22.5. The fraction of sp³-hybridized carbons (Fsp3) is 0.217. The number of halogens is 5. The Hall–Kier alpha value is -3.29. The molecule has 1 aliphatic heterocycles. The van der Waals surface area contributed by atoms with Gasteiger partial charge in [-0.15, -0.1) is 0 Å². The van der Waals surface area contributed by atoms with Crippen LogP contribution >= 0.6 is 0 Å². The van der Waals surface area contributed by atoms with Crippen LogP contribution in [0.1, 0.15) is 27.8 Å². The predicted octanol–water partition coefficient (Wildman–Crippen LogP) is 5.88. The van der Waals surface area contributed by atoms with Gasteiger partial charge in [0.05, 0.1) is 5.56 Å². The Morgan fingerprint density at radius 1 is 1.06 bits per heavy atom. The summed E-state index contributed by atoms with van der Waals surface area (Å²) < 4.78 is 66.8. The van der Waals surface area contributed by atoms with Crippen molar-refractivity contribution in [2.75, 3.05) is 0 Å². The summed E-state index contributed by atoms with van der Waals surface area (Å²) in [5.74, 6) is 0.0716. The van der Waals surface area contributed by atoms with Crippen LogP contribution < -0.4 is 5.73 Å². The third-order valence-electron chi connectivity index (χ3n) is 5.24. The molecule has 1 heterocycles. The molecule has 3 aromatic rings. The van der Waals surface area contributed by atoms with Gasteiger partial charge in [-0.1, -0.05) is 29.8 Å². The van der Waals surface area contributed by atoms with Gasteiger partial charge in [0.15, 0.2) is 5.84 Å². The summed E-state index contributed by atoms with van der Waals surface area (Å²) in [4.78, 5) is 4.02. The van der Waals surface area contributed by atoms with E-state index in [2.05, 4.69) is 4.99 Å². The first-order valence-corrected chi connectivity index (χ1v) is 9.51. The molecule has 3 nitrogen and oxygen atoms in total. The number of aryl methyl sites for hydroxylation is 1. The second-order valence-corrected chi connectivity index (χ2v) is 7.65. The molecule has 0 aliphatic carbocycles. The van der Waals surface area contributed by atoms with Crippen molar-refractivity contribution in [2.24, 2.45) is 10.7 Å². The molecule has 8 heteroatoms. The summed E-state index contributed by atoms with van der Waals surface area (Å²) in [5.41, 5.74) is 7.11. The van der Waals surface area contributed by atoms with Crippen molar-refractivity contribution in [1.82, 2.24) is 0 Å². The Labute approximate surface area is 174 Å². The zero-order valence-electron chi connectivity index (χ0n) is 16.4. The maximum Gasteiger partial charge on any atom is 0.416 e.